The molecule has 23 heavy (non-hydrogen) atoms. The van der Waals surface area contributed by atoms with Gasteiger partial charge >= 0.3 is 5.97 Å². The number of rotatable bonds is 7. The number of carboxylic acid groups (broad SMARTS) is 1. The van der Waals surface area contributed by atoms with E-state index >= 15 is 0 Å². The average Bonchev–Trinajstić information content (AvgIpc) is 2.77. The monoisotopic (exact) mass is 316 g/mol. The lowest BCUT2D eigenvalue weighted by atomic mass is 9.95. The van der Waals surface area contributed by atoms with Crippen LogP contribution >= 0.6 is 0 Å². The number of aryl methyl sites for hydroxylation is 2. The molecule has 0 aliphatic heterocycles. The standard InChI is InChI=1S/C19H28N2O2/c1-5-9-21-13(4)15(7-6-8-20)17-11-14(19(22)23)10-16(12(2)3)18(17)21/h10-12H,5-9,20H2,1-4H3,(H,22,23). The zero-order valence-electron chi connectivity index (χ0n) is 14.6. The highest BCUT2D eigenvalue weighted by molar-refractivity contribution is 5.97. The van der Waals surface area contributed by atoms with E-state index in [0.717, 1.165) is 36.8 Å². The fourth-order valence-corrected chi connectivity index (χ4v) is 3.37. The first-order valence-electron chi connectivity index (χ1n) is 8.51. The van der Waals surface area contributed by atoms with E-state index in [-0.39, 0.29) is 5.92 Å². The van der Waals surface area contributed by atoms with Crippen molar-refractivity contribution in [3.8, 4) is 0 Å². The molecule has 2 aromatic rings. The lowest BCUT2D eigenvalue weighted by molar-refractivity contribution is 0.0697. The van der Waals surface area contributed by atoms with Crippen molar-refractivity contribution < 1.29 is 9.90 Å². The molecule has 0 aliphatic carbocycles. The number of carboxylic acids is 1. The van der Waals surface area contributed by atoms with Crippen LogP contribution < -0.4 is 5.73 Å². The van der Waals surface area contributed by atoms with E-state index in [1.54, 1.807) is 0 Å². The van der Waals surface area contributed by atoms with Crippen molar-refractivity contribution in [2.45, 2.75) is 59.4 Å². The summed E-state index contributed by atoms with van der Waals surface area (Å²) >= 11 is 0. The van der Waals surface area contributed by atoms with Crippen molar-refractivity contribution in [1.82, 2.24) is 4.57 Å². The Balaban J connectivity index is 2.83. The Morgan fingerprint density at radius 2 is 2.04 bits per heavy atom. The van der Waals surface area contributed by atoms with Crippen molar-refractivity contribution in [2.75, 3.05) is 6.54 Å². The number of nitrogens with two attached hydrogens (primary N) is 1. The third-order valence-corrected chi connectivity index (χ3v) is 4.52. The molecule has 0 fully saturated rings. The third-order valence-electron chi connectivity index (χ3n) is 4.52. The minimum atomic E-state index is -0.862. The first kappa shape index (κ1) is 17.5. The predicted octanol–water partition coefficient (Wildman–Crippen LogP) is 4.07. The highest BCUT2D eigenvalue weighted by Crippen LogP contribution is 2.34. The van der Waals surface area contributed by atoms with Crippen LogP contribution in [-0.2, 0) is 13.0 Å². The Labute approximate surface area is 138 Å². The van der Waals surface area contributed by atoms with Gasteiger partial charge in [0.1, 0.15) is 0 Å². The second kappa shape index (κ2) is 7.18. The zero-order valence-corrected chi connectivity index (χ0v) is 14.6. The highest BCUT2D eigenvalue weighted by Gasteiger charge is 2.20. The molecule has 4 heteroatoms. The molecule has 0 radical (unpaired) electrons. The van der Waals surface area contributed by atoms with Gasteiger partial charge in [-0.2, -0.15) is 0 Å². The van der Waals surface area contributed by atoms with Gasteiger partial charge in [-0.3, -0.25) is 0 Å². The summed E-state index contributed by atoms with van der Waals surface area (Å²) < 4.78 is 2.36. The lowest BCUT2D eigenvalue weighted by Crippen LogP contribution is -2.04. The lowest BCUT2D eigenvalue weighted by Gasteiger charge is -2.14. The second-order valence-corrected chi connectivity index (χ2v) is 6.53. The van der Waals surface area contributed by atoms with Crippen LogP contribution in [0.15, 0.2) is 12.1 Å². The van der Waals surface area contributed by atoms with Crippen LogP contribution in [-0.4, -0.2) is 22.2 Å². The molecule has 0 amide bonds. The van der Waals surface area contributed by atoms with Crippen LogP contribution in [0, 0.1) is 6.92 Å². The van der Waals surface area contributed by atoms with E-state index in [9.17, 15) is 9.90 Å². The summed E-state index contributed by atoms with van der Waals surface area (Å²) in [6, 6.07) is 3.68. The van der Waals surface area contributed by atoms with E-state index in [0.29, 0.717) is 12.1 Å². The van der Waals surface area contributed by atoms with Crippen LogP contribution in [0.2, 0.25) is 0 Å². The quantitative estimate of drug-likeness (QED) is 0.809. The zero-order chi connectivity index (χ0) is 17.1. The molecular formula is C19H28N2O2. The number of carbonyl (C=O) groups is 1. The van der Waals surface area contributed by atoms with Gasteiger partial charge in [0.05, 0.1) is 11.1 Å². The summed E-state index contributed by atoms with van der Waals surface area (Å²) in [6.07, 6.45) is 2.87. The molecule has 0 unspecified atom stereocenters. The normalized spacial score (nSPS) is 11.6. The van der Waals surface area contributed by atoms with Gasteiger partial charge < -0.3 is 15.4 Å². The molecule has 0 spiro atoms. The Kier molecular flexibility index (Phi) is 5.47. The van der Waals surface area contributed by atoms with E-state index in [1.807, 2.05) is 12.1 Å². The molecule has 4 nitrogen and oxygen atoms in total. The topological polar surface area (TPSA) is 68.2 Å². The van der Waals surface area contributed by atoms with E-state index in [1.165, 1.54) is 16.8 Å². The maximum absolute atomic E-state index is 11.5. The summed E-state index contributed by atoms with van der Waals surface area (Å²) in [5.41, 5.74) is 10.9. The smallest absolute Gasteiger partial charge is 0.335 e. The molecule has 1 aromatic carbocycles. The van der Waals surface area contributed by atoms with Crippen LogP contribution in [0.4, 0.5) is 0 Å². The third kappa shape index (κ3) is 3.27. The number of benzene rings is 1. The number of hydrogen-bond donors (Lipinski definition) is 2. The van der Waals surface area contributed by atoms with Crippen molar-refractivity contribution in [3.63, 3.8) is 0 Å². The second-order valence-electron chi connectivity index (χ2n) is 6.53. The van der Waals surface area contributed by atoms with Crippen LogP contribution in [0.3, 0.4) is 0 Å². The first-order chi connectivity index (χ1) is 10.9. The summed E-state index contributed by atoms with van der Waals surface area (Å²) in [7, 11) is 0. The van der Waals surface area contributed by atoms with Gasteiger partial charge in [-0.05, 0) is 61.9 Å². The molecule has 0 atom stereocenters. The number of aromatic nitrogens is 1. The first-order valence-corrected chi connectivity index (χ1v) is 8.51. The maximum atomic E-state index is 11.5. The Hall–Kier alpha value is -1.81. The fourth-order valence-electron chi connectivity index (χ4n) is 3.37. The molecule has 126 valence electrons. The van der Waals surface area contributed by atoms with Gasteiger partial charge in [0.2, 0.25) is 0 Å². The summed E-state index contributed by atoms with van der Waals surface area (Å²) in [5.74, 6) is -0.580. The maximum Gasteiger partial charge on any atom is 0.335 e. The largest absolute Gasteiger partial charge is 0.478 e. The van der Waals surface area contributed by atoms with Crippen LogP contribution in [0.1, 0.15) is 66.7 Å². The van der Waals surface area contributed by atoms with Crippen LogP contribution in [0.5, 0.6) is 0 Å². The minimum Gasteiger partial charge on any atom is -0.478 e. The molecule has 0 bridgehead atoms. The van der Waals surface area contributed by atoms with Gasteiger partial charge in [0, 0.05) is 17.6 Å². The highest BCUT2D eigenvalue weighted by atomic mass is 16.4. The summed E-state index contributed by atoms with van der Waals surface area (Å²) in [6.45, 7) is 10.2. The van der Waals surface area contributed by atoms with Gasteiger partial charge in [-0.1, -0.05) is 20.8 Å². The average molecular weight is 316 g/mol. The predicted molar refractivity (Wildman–Crippen MR) is 95.4 cm³/mol. The van der Waals surface area contributed by atoms with Crippen LogP contribution in [0.25, 0.3) is 10.9 Å². The van der Waals surface area contributed by atoms with Crippen molar-refractivity contribution in [2.24, 2.45) is 5.73 Å². The number of nitrogens with zero attached hydrogens (tertiary/aromatic N) is 1. The van der Waals surface area contributed by atoms with Gasteiger partial charge in [-0.25, -0.2) is 4.79 Å². The van der Waals surface area contributed by atoms with Crippen molar-refractivity contribution >= 4 is 16.9 Å². The minimum absolute atomic E-state index is 0.282. The fraction of sp³-hybridized carbons (Fsp3) is 0.526. The Morgan fingerprint density at radius 1 is 1.35 bits per heavy atom. The van der Waals surface area contributed by atoms with Crippen molar-refractivity contribution in [1.29, 1.82) is 0 Å². The van der Waals surface area contributed by atoms with E-state index < -0.39 is 5.97 Å². The number of fused-ring (bicyclic) bond motifs is 1. The summed E-state index contributed by atoms with van der Waals surface area (Å²) in [5, 5.41) is 10.6. The molecule has 2 rings (SSSR count). The number of aromatic carboxylic acids is 1. The van der Waals surface area contributed by atoms with Gasteiger partial charge in [0.25, 0.3) is 0 Å². The molecule has 3 N–H and O–H groups in total. The SMILES string of the molecule is CCCn1c(C)c(CCCN)c2cc(C(=O)O)cc(C(C)C)c21. The van der Waals surface area contributed by atoms with Gasteiger partial charge in [-0.15, -0.1) is 0 Å². The Bertz CT molecular complexity index is 714. The van der Waals surface area contributed by atoms with E-state index in [2.05, 4.69) is 32.3 Å². The molecule has 0 saturated carbocycles. The Morgan fingerprint density at radius 3 is 2.57 bits per heavy atom. The number of hydrogen-bond acceptors (Lipinski definition) is 2. The van der Waals surface area contributed by atoms with Gasteiger partial charge in [0.15, 0.2) is 0 Å². The molecular weight excluding hydrogens is 288 g/mol. The van der Waals surface area contributed by atoms with Crippen molar-refractivity contribution in [3.05, 3.63) is 34.5 Å². The molecule has 1 aromatic heterocycles. The summed E-state index contributed by atoms with van der Waals surface area (Å²) in [4.78, 5) is 11.5. The molecule has 1 heterocycles. The van der Waals surface area contributed by atoms with E-state index in [4.69, 9.17) is 5.73 Å². The molecule has 0 aliphatic rings. The molecule has 0 saturated heterocycles.